The molecule has 29 heavy (non-hydrogen) atoms. The molecule has 0 rings (SSSR count). The highest BCUT2D eigenvalue weighted by atomic mass is 79.9. The Labute approximate surface area is 190 Å². The lowest BCUT2D eigenvalue weighted by molar-refractivity contribution is 0.108. The van der Waals surface area contributed by atoms with E-state index in [0.29, 0.717) is 19.8 Å². The normalized spacial score (nSPS) is 12.0. The molecular weight excluding hydrogens is 451 g/mol. The third-order valence-electron chi connectivity index (χ3n) is 5.02. The second-order valence-electron chi connectivity index (χ2n) is 7.94. The van der Waals surface area contributed by atoms with Crippen molar-refractivity contribution in [2.75, 3.05) is 25.2 Å². The van der Waals surface area contributed by atoms with Crippen LogP contribution >= 0.6 is 23.8 Å². The number of alkyl halides is 1. The Bertz CT molecular complexity index is 316. The molecule has 0 amide bonds. The summed E-state index contributed by atoms with van der Waals surface area (Å²) in [6.07, 6.45) is 19.8. The summed E-state index contributed by atoms with van der Waals surface area (Å²) in [7, 11) is -3.41. The molecule has 0 N–H and O–H groups in total. The molecule has 176 valence electrons. The molecule has 0 fully saturated rings. The fourth-order valence-electron chi connectivity index (χ4n) is 3.13. The maximum atomic E-state index is 12.9. The van der Waals surface area contributed by atoms with Crippen LogP contribution in [-0.4, -0.2) is 25.2 Å². The van der Waals surface area contributed by atoms with Gasteiger partial charge in [0, 0.05) is 5.33 Å². The molecule has 0 heterocycles. The summed E-state index contributed by atoms with van der Waals surface area (Å²) >= 11 is 3.46. The van der Waals surface area contributed by atoms with Crippen LogP contribution in [0, 0.1) is 0 Å². The zero-order valence-corrected chi connectivity index (χ0v) is 21.8. The number of phosphoric acid groups is 1. The molecule has 0 saturated carbocycles. The Morgan fingerprint density at radius 1 is 0.517 bits per heavy atom. The molecule has 0 atom stereocenters. The molecule has 0 radical (unpaired) electrons. The minimum Gasteiger partial charge on any atom is -0.287 e. The highest BCUT2D eigenvalue weighted by Gasteiger charge is 2.26. The van der Waals surface area contributed by atoms with Crippen LogP contribution in [0.1, 0.15) is 123 Å². The topological polar surface area (TPSA) is 44.8 Å². The van der Waals surface area contributed by atoms with Crippen LogP contribution in [0.4, 0.5) is 0 Å². The van der Waals surface area contributed by atoms with Gasteiger partial charge in [-0.1, -0.05) is 113 Å². The summed E-state index contributed by atoms with van der Waals surface area (Å²) in [4.78, 5) is 0. The van der Waals surface area contributed by atoms with Crippen LogP contribution in [0.15, 0.2) is 0 Å². The fourth-order valence-corrected chi connectivity index (χ4v) is 4.81. The number of rotatable bonds is 24. The van der Waals surface area contributed by atoms with E-state index in [-0.39, 0.29) is 0 Å². The van der Waals surface area contributed by atoms with Crippen molar-refractivity contribution in [2.24, 2.45) is 0 Å². The molecule has 0 unspecified atom stereocenters. The Kier molecular flexibility index (Phi) is 23.7. The van der Waals surface area contributed by atoms with E-state index in [4.69, 9.17) is 13.6 Å². The minimum absolute atomic E-state index is 0.457. The van der Waals surface area contributed by atoms with Crippen molar-refractivity contribution < 1.29 is 18.1 Å². The van der Waals surface area contributed by atoms with Crippen molar-refractivity contribution >= 4 is 23.8 Å². The molecule has 0 spiro atoms. The van der Waals surface area contributed by atoms with E-state index in [1.807, 2.05) is 0 Å². The van der Waals surface area contributed by atoms with E-state index >= 15 is 0 Å². The third-order valence-corrected chi connectivity index (χ3v) is 7.08. The Morgan fingerprint density at radius 2 is 0.828 bits per heavy atom. The summed E-state index contributed by atoms with van der Waals surface area (Å²) < 4.78 is 29.8. The number of halogens is 1. The quantitative estimate of drug-likeness (QED) is 0.0754. The highest BCUT2D eigenvalue weighted by molar-refractivity contribution is 9.09. The zero-order chi connectivity index (χ0) is 21.5. The molecule has 0 aromatic rings. The standard InChI is InChI=1S/C23H48BrO4P/c1-3-5-7-9-13-17-21-26-29(25,27-22-18-14-10-8-6-4-2)28-23-19-15-11-12-16-20-24/h3-23H2,1-2H3. The van der Waals surface area contributed by atoms with Crippen LogP contribution < -0.4 is 0 Å². The molecule has 0 aliphatic carbocycles. The van der Waals surface area contributed by atoms with Gasteiger partial charge in [-0.15, -0.1) is 0 Å². The average Bonchev–Trinajstić information content (AvgIpc) is 2.72. The molecule has 0 bridgehead atoms. The van der Waals surface area contributed by atoms with E-state index in [1.54, 1.807) is 0 Å². The van der Waals surface area contributed by atoms with Gasteiger partial charge in [0.2, 0.25) is 0 Å². The van der Waals surface area contributed by atoms with E-state index in [2.05, 4.69) is 29.8 Å². The van der Waals surface area contributed by atoms with Crippen LogP contribution in [0.5, 0.6) is 0 Å². The van der Waals surface area contributed by atoms with Gasteiger partial charge in [0.1, 0.15) is 0 Å². The van der Waals surface area contributed by atoms with Gasteiger partial charge in [0.15, 0.2) is 0 Å². The predicted molar refractivity (Wildman–Crippen MR) is 129 cm³/mol. The third kappa shape index (κ3) is 21.6. The second kappa shape index (κ2) is 23.3. The van der Waals surface area contributed by atoms with E-state index in [0.717, 1.165) is 43.9 Å². The Balaban J connectivity index is 4.05. The maximum absolute atomic E-state index is 12.9. The molecule has 0 aliphatic rings. The lowest BCUT2D eigenvalue weighted by Gasteiger charge is -2.18. The van der Waals surface area contributed by atoms with Gasteiger partial charge in [-0.3, -0.25) is 13.6 Å². The summed E-state index contributed by atoms with van der Waals surface area (Å²) in [6.45, 7) is 5.83. The molecule has 0 aromatic heterocycles. The van der Waals surface area contributed by atoms with Gasteiger partial charge in [-0.25, -0.2) is 4.57 Å². The van der Waals surface area contributed by atoms with Crippen LogP contribution in [0.3, 0.4) is 0 Å². The highest BCUT2D eigenvalue weighted by Crippen LogP contribution is 2.50. The predicted octanol–water partition coefficient (Wildman–Crippen LogP) is 9.21. The first-order valence-corrected chi connectivity index (χ1v) is 14.9. The number of hydrogen-bond donors (Lipinski definition) is 0. The van der Waals surface area contributed by atoms with Gasteiger partial charge in [-0.05, 0) is 25.7 Å². The summed E-state index contributed by atoms with van der Waals surface area (Å²) in [5, 5.41) is 1.07. The lowest BCUT2D eigenvalue weighted by atomic mass is 10.1. The van der Waals surface area contributed by atoms with Crippen molar-refractivity contribution in [1.82, 2.24) is 0 Å². The van der Waals surface area contributed by atoms with Crippen molar-refractivity contribution in [1.29, 1.82) is 0 Å². The zero-order valence-electron chi connectivity index (χ0n) is 19.3. The first-order chi connectivity index (χ1) is 14.2. The van der Waals surface area contributed by atoms with Crippen LogP contribution in [0.25, 0.3) is 0 Å². The van der Waals surface area contributed by atoms with Crippen LogP contribution in [-0.2, 0) is 18.1 Å². The monoisotopic (exact) mass is 498 g/mol. The molecule has 0 aliphatic heterocycles. The number of hydrogen-bond acceptors (Lipinski definition) is 4. The van der Waals surface area contributed by atoms with Gasteiger partial charge in [-0.2, -0.15) is 0 Å². The first kappa shape index (κ1) is 29.6. The van der Waals surface area contributed by atoms with Gasteiger partial charge < -0.3 is 0 Å². The van der Waals surface area contributed by atoms with Crippen molar-refractivity contribution in [3.63, 3.8) is 0 Å². The van der Waals surface area contributed by atoms with E-state index < -0.39 is 7.82 Å². The Hall–Kier alpha value is 0.590. The van der Waals surface area contributed by atoms with Gasteiger partial charge in [0.25, 0.3) is 0 Å². The molecule has 4 nitrogen and oxygen atoms in total. The first-order valence-electron chi connectivity index (χ1n) is 12.3. The lowest BCUT2D eigenvalue weighted by Crippen LogP contribution is -2.04. The van der Waals surface area contributed by atoms with Crippen molar-refractivity contribution in [3.05, 3.63) is 0 Å². The summed E-state index contributed by atoms with van der Waals surface area (Å²) in [6, 6.07) is 0. The molecule has 6 heteroatoms. The van der Waals surface area contributed by atoms with Gasteiger partial charge in [0.05, 0.1) is 19.8 Å². The van der Waals surface area contributed by atoms with Crippen molar-refractivity contribution in [3.8, 4) is 0 Å². The molecule has 0 saturated heterocycles. The maximum Gasteiger partial charge on any atom is 0.474 e. The van der Waals surface area contributed by atoms with Gasteiger partial charge >= 0.3 is 7.82 Å². The average molecular weight is 500 g/mol. The van der Waals surface area contributed by atoms with E-state index in [9.17, 15) is 4.57 Å². The van der Waals surface area contributed by atoms with Crippen molar-refractivity contribution in [2.45, 2.75) is 123 Å². The number of unbranched alkanes of at least 4 members (excludes halogenated alkanes) is 14. The summed E-state index contributed by atoms with van der Waals surface area (Å²) in [5.41, 5.74) is 0. The SMILES string of the molecule is CCCCCCCCOP(=O)(OCCCCCCCC)OCCCCCCCBr. The fraction of sp³-hybridized carbons (Fsp3) is 1.00. The smallest absolute Gasteiger partial charge is 0.287 e. The second-order valence-corrected chi connectivity index (χ2v) is 10.4. The van der Waals surface area contributed by atoms with Crippen LogP contribution in [0.2, 0.25) is 0 Å². The molecular formula is C23H48BrO4P. The largest absolute Gasteiger partial charge is 0.474 e. The number of phosphoric ester groups is 1. The summed E-state index contributed by atoms with van der Waals surface area (Å²) in [5.74, 6) is 0. The minimum atomic E-state index is -3.41. The van der Waals surface area contributed by atoms with E-state index in [1.165, 1.54) is 70.6 Å². The Morgan fingerprint density at radius 3 is 1.17 bits per heavy atom. The molecule has 0 aromatic carbocycles.